The number of halogens is 1. The molecule has 0 bridgehead atoms. The lowest BCUT2D eigenvalue weighted by Crippen LogP contribution is -2.51. The van der Waals surface area contributed by atoms with Crippen molar-refractivity contribution in [3.63, 3.8) is 0 Å². The number of piperidine rings is 1. The minimum atomic E-state index is -1.11. The van der Waals surface area contributed by atoms with Crippen molar-refractivity contribution in [2.24, 2.45) is 5.92 Å². The Kier molecular flexibility index (Phi) is 7.35. The monoisotopic (exact) mass is 487 g/mol. The molecule has 0 radical (unpaired) electrons. The Morgan fingerprint density at radius 3 is 2.32 bits per heavy atom. The van der Waals surface area contributed by atoms with Gasteiger partial charge in [0.25, 0.3) is 17.7 Å². The fourth-order valence-corrected chi connectivity index (χ4v) is 5.17. The van der Waals surface area contributed by atoms with E-state index in [1.807, 2.05) is 6.07 Å². The summed E-state index contributed by atoms with van der Waals surface area (Å²) >= 11 is 0. The van der Waals surface area contributed by atoms with Crippen LogP contribution in [-0.2, 0) is 9.59 Å². The Morgan fingerprint density at radius 1 is 0.912 bits per heavy atom. The van der Waals surface area contributed by atoms with Crippen LogP contribution in [0.2, 0.25) is 0 Å². The summed E-state index contributed by atoms with van der Waals surface area (Å²) < 4.78 is 0. The summed E-state index contributed by atoms with van der Waals surface area (Å²) in [6.07, 6.45) is 6.27. The number of benzene rings is 1. The molecule has 2 fully saturated rings. The third-order valence-electron chi connectivity index (χ3n) is 7.17. The van der Waals surface area contributed by atoms with Crippen molar-refractivity contribution in [3.05, 3.63) is 41.5 Å². The van der Waals surface area contributed by atoms with Crippen molar-refractivity contribution in [2.75, 3.05) is 50.7 Å². The largest absolute Gasteiger partial charge is 0.369 e. The van der Waals surface area contributed by atoms with Gasteiger partial charge in [0.1, 0.15) is 6.04 Å². The minimum absolute atomic E-state index is 0. The predicted molar refractivity (Wildman–Crippen MR) is 129 cm³/mol. The van der Waals surface area contributed by atoms with Gasteiger partial charge in [0.15, 0.2) is 0 Å². The average Bonchev–Trinajstić information content (AvgIpc) is 3.08. The van der Waals surface area contributed by atoms with Gasteiger partial charge in [-0.2, -0.15) is 0 Å². The Labute approximate surface area is 204 Å². The van der Waals surface area contributed by atoms with Crippen LogP contribution in [0.15, 0.2) is 30.4 Å². The number of rotatable bonds is 5. The number of nitrogens with zero attached hydrogens (tertiary/aromatic N) is 3. The van der Waals surface area contributed by atoms with Crippen molar-refractivity contribution < 1.29 is 19.2 Å². The number of amides is 4. The number of piperazine rings is 1. The first kappa shape index (κ1) is 24.4. The zero-order chi connectivity index (χ0) is 22.9. The number of carbonyl (C=O) groups excluding carboxylic acids is 4. The molecule has 1 unspecified atom stereocenters. The van der Waals surface area contributed by atoms with Gasteiger partial charge < -0.3 is 10.2 Å². The average molecular weight is 488 g/mol. The highest BCUT2D eigenvalue weighted by molar-refractivity contribution is 6.24. The third kappa shape index (κ3) is 4.73. The molecule has 10 heteroatoms. The van der Waals surface area contributed by atoms with Gasteiger partial charge in [0.05, 0.1) is 11.1 Å². The quantitative estimate of drug-likeness (QED) is 0.592. The van der Waals surface area contributed by atoms with E-state index in [-0.39, 0.29) is 12.4 Å². The minimum Gasteiger partial charge on any atom is -0.369 e. The fourth-order valence-electron chi connectivity index (χ4n) is 5.17. The molecule has 9 nitrogen and oxygen atoms in total. The molecule has 0 saturated carbocycles. The van der Waals surface area contributed by atoms with E-state index < -0.39 is 29.7 Å². The summed E-state index contributed by atoms with van der Waals surface area (Å²) in [7, 11) is 0. The Balaban J connectivity index is 0.00000274. The van der Waals surface area contributed by atoms with Crippen LogP contribution in [0.3, 0.4) is 0 Å². The standard InChI is InChI=1S/C24H29N5O4.ClH/c30-21-4-3-20(22(31)26-21)29-23(32)18-2-1-17(15-19(18)24(29)33)28-13-11-27(12-14-28)10-7-16-5-8-25-9-6-16;/h1-4,15-16,20,25H,5-14H2,(H,26,30,31);1H. The van der Waals surface area contributed by atoms with Gasteiger partial charge in [-0.25, -0.2) is 0 Å². The zero-order valence-electron chi connectivity index (χ0n) is 19.0. The molecule has 182 valence electrons. The maximum atomic E-state index is 13.0. The van der Waals surface area contributed by atoms with E-state index in [4.69, 9.17) is 0 Å². The van der Waals surface area contributed by atoms with E-state index in [1.165, 1.54) is 31.4 Å². The summed E-state index contributed by atoms with van der Waals surface area (Å²) in [5.74, 6) is -1.41. The summed E-state index contributed by atoms with van der Waals surface area (Å²) in [6.45, 7) is 7.08. The van der Waals surface area contributed by atoms with E-state index in [0.717, 1.165) is 62.3 Å². The topological polar surface area (TPSA) is 102 Å². The number of imide groups is 2. The zero-order valence-corrected chi connectivity index (χ0v) is 19.8. The molecule has 2 N–H and O–H groups in total. The molecular weight excluding hydrogens is 458 g/mol. The highest BCUT2D eigenvalue weighted by atomic mass is 35.5. The van der Waals surface area contributed by atoms with Crippen LogP contribution in [0, 0.1) is 5.92 Å². The molecule has 1 atom stereocenters. The van der Waals surface area contributed by atoms with E-state index in [2.05, 4.69) is 20.4 Å². The summed E-state index contributed by atoms with van der Waals surface area (Å²) in [6, 6.07) is 4.19. The second-order valence-corrected chi connectivity index (χ2v) is 9.18. The van der Waals surface area contributed by atoms with Crippen LogP contribution in [-0.4, -0.2) is 85.3 Å². The first-order valence-electron chi connectivity index (χ1n) is 11.7. The molecule has 4 aliphatic heterocycles. The van der Waals surface area contributed by atoms with Crippen molar-refractivity contribution in [2.45, 2.75) is 25.3 Å². The smallest absolute Gasteiger partial charge is 0.262 e. The summed E-state index contributed by atoms with van der Waals surface area (Å²) in [5, 5.41) is 5.57. The van der Waals surface area contributed by atoms with E-state index >= 15 is 0 Å². The van der Waals surface area contributed by atoms with Gasteiger partial charge in [-0.05, 0) is 69.1 Å². The molecule has 0 spiro atoms. The number of anilines is 1. The molecular formula is C24H30ClN5O4. The first-order valence-corrected chi connectivity index (χ1v) is 11.7. The number of fused-ring (bicyclic) bond motifs is 1. The maximum Gasteiger partial charge on any atom is 0.262 e. The second-order valence-electron chi connectivity index (χ2n) is 9.18. The van der Waals surface area contributed by atoms with Crippen molar-refractivity contribution in [1.29, 1.82) is 0 Å². The number of nitrogens with one attached hydrogen (secondary N) is 2. The lowest BCUT2D eigenvalue weighted by atomic mass is 9.94. The van der Waals surface area contributed by atoms with Crippen LogP contribution in [0.25, 0.3) is 0 Å². The van der Waals surface area contributed by atoms with Crippen LogP contribution in [0.5, 0.6) is 0 Å². The van der Waals surface area contributed by atoms with E-state index in [1.54, 1.807) is 12.1 Å². The van der Waals surface area contributed by atoms with Crippen LogP contribution in [0.4, 0.5) is 5.69 Å². The summed E-state index contributed by atoms with van der Waals surface area (Å²) in [5.41, 5.74) is 1.51. The summed E-state index contributed by atoms with van der Waals surface area (Å²) in [4.78, 5) is 55.1. The van der Waals surface area contributed by atoms with E-state index in [0.29, 0.717) is 11.1 Å². The maximum absolute atomic E-state index is 13.0. The van der Waals surface area contributed by atoms with Gasteiger partial charge in [0.2, 0.25) is 5.91 Å². The van der Waals surface area contributed by atoms with Gasteiger partial charge in [-0.3, -0.25) is 34.3 Å². The molecule has 0 aromatic heterocycles. The molecule has 5 rings (SSSR count). The third-order valence-corrected chi connectivity index (χ3v) is 7.17. The molecule has 1 aromatic rings. The first-order chi connectivity index (χ1) is 16.0. The number of hydrogen-bond donors (Lipinski definition) is 2. The number of hydrogen-bond acceptors (Lipinski definition) is 7. The second kappa shape index (κ2) is 10.2. The SMILES string of the molecule is Cl.O=C1C=CC(N2C(=O)c3ccc(N4CCN(CCC5CCNCC5)CC4)cc3C2=O)C(=O)N1. The molecule has 2 saturated heterocycles. The van der Waals surface area contributed by atoms with Gasteiger partial charge in [-0.15, -0.1) is 12.4 Å². The Hall–Kier alpha value is -2.75. The van der Waals surface area contributed by atoms with Crippen molar-refractivity contribution in [3.8, 4) is 0 Å². The Morgan fingerprint density at radius 2 is 1.62 bits per heavy atom. The molecule has 34 heavy (non-hydrogen) atoms. The van der Waals surface area contributed by atoms with E-state index in [9.17, 15) is 19.2 Å². The molecule has 1 aromatic carbocycles. The normalized spacial score (nSPS) is 23.7. The molecule has 4 heterocycles. The lowest BCUT2D eigenvalue weighted by molar-refractivity contribution is -0.130. The van der Waals surface area contributed by atoms with Crippen LogP contribution >= 0.6 is 12.4 Å². The van der Waals surface area contributed by atoms with Crippen molar-refractivity contribution in [1.82, 2.24) is 20.4 Å². The fraction of sp³-hybridized carbons (Fsp3) is 0.500. The van der Waals surface area contributed by atoms with Gasteiger partial charge in [-0.1, -0.05) is 0 Å². The van der Waals surface area contributed by atoms with Crippen molar-refractivity contribution >= 4 is 41.7 Å². The van der Waals surface area contributed by atoms with Gasteiger partial charge in [0, 0.05) is 37.9 Å². The van der Waals surface area contributed by atoms with Crippen LogP contribution in [0.1, 0.15) is 40.0 Å². The highest BCUT2D eigenvalue weighted by Gasteiger charge is 2.43. The molecule has 4 aliphatic rings. The highest BCUT2D eigenvalue weighted by Crippen LogP contribution is 2.30. The number of carbonyl (C=O) groups is 4. The Bertz CT molecular complexity index is 1010. The van der Waals surface area contributed by atoms with Crippen LogP contribution < -0.4 is 15.5 Å². The molecule has 0 aliphatic carbocycles. The molecule has 4 amide bonds. The lowest BCUT2D eigenvalue weighted by Gasteiger charge is -2.37. The van der Waals surface area contributed by atoms with Gasteiger partial charge >= 0.3 is 0 Å². The predicted octanol–water partition coefficient (Wildman–Crippen LogP) is 0.797.